The zero-order valence-corrected chi connectivity index (χ0v) is 19.0. The molecule has 0 saturated carbocycles. The van der Waals surface area contributed by atoms with Crippen molar-refractivity contribution in [1.29, 1.82) is 5.26 Å². The van der Waals surface area contributed by atoms with Crippen molar-refractivity contribution in [3.05, 3.63) is 94.6 Å². The minimum Gasteiger partial charge on any atom is -0.371 e. The number of carbonyl (C=O) groups is 1. The van der Waals surface area contributed by atoms with Gasteiger partial charge in [-0.05, 0) is 23.6 Å². The first kappa shape index (κ1) is 25.4. The fourth-order valence-electron chi connectivity index (χ4n) is 3.71. The number of nitrogens with zero attached hydrogens (tertiary/aromatic N) is 4. The van der Waals surface area contributed by atoms with Crippen molar-refractivity contribution in [1.82, 2.24) is 5.32 Å². The lowest BCUT2D eigenvalue weighted by Gasteiger charge is -2.22. The maximum Gasteiger partial charge on any atom is 0.274 e. The molecule has 1 N–H and O–H groups in total. The molecule has 10 heteroatoms. The van der Waals surface area contributed by atoms with Crippen molar-refractivity contribution >= 4 is 17.2 Å². The van der Waals surface area contributed by atoms with Crippen LogP contribution in [0, 0.1) is 24.5 Å². The molecule has 0 bridgehead atoms. The second-order valence-electron chi connectivity index (χ2n) is 7.37. The molecule has 2 aliphatic rings. The minimum atomic E-state index is -0.756. The summed E-state index contributed by atoms with van der Waals surface area (Å²) in [6.45, 7) is 23.5. The first-order valence-corrected chi connectivity index (χ1v) is 10.7. The van der Waals surface area contributed by atoms with Gasteiger partial charge in [-0.25, -0.2) is 34.5 Å². The lowest BCUT2D eigenvalue weighted by Crippen LogP contribution is -2.28. The van der Waals surface area contributed by atoms with E-state index in [9.17, 15) is 4.79 Å². The van der Waals surface area contributed by atoms with Crippen LogP contribution in [0.3, 0.4) is 0 Å². The predicted molar refractivity (Wildman–Crippen MR) is 126 cm³/mol. The topological polar surface area (TPSA) is 102 Å². The van der Waals surface area contributed by atoms with Gasteiger partial charge in [0.25, 0.3) is 5.70 Å². The number of anilines is 1. The lowest BCUT2D eigenvalue weighted by atomic mass is 10.0. The van der Waals surface area contributed by atoms with E-state index in [-0.39, 0.29) is 35.9 Å². The Balaban J connectivity index is 1.77. The predicted octanol–water partition coefficient (Wildman–Crippen LogP) is 3.45. The van der Waals surface area contributed by atoms with Gasteiger partial charge in [-0.2, -0.15) is 0 Å². The molecule has 3 rings (SSSR count). The molecule has 1 aromatic rings. The van der Waals surface area contributed by atoms with E-state index < -0.39 is 12.2 Å². The average Bonchev–Trinajstić information content (AvgIpc) is 3.42. The summed E-state index contributed by atoms with van der Waals surface area (Å²) in [6, 6.07) is 7.25. The van der Waals surface area contributed by atoms with Gasteiger partial charge in [-0.1, -0.05) is 24.3 Å². The molecule has 0 aliphatic carbocycles. The second kappa shape index (κ2) is 12.3. The number of allylic oxidation sites excluding steroid dienone is 1. The van der Waals surface area contributed by atoms with Gasteiger partial charge in [-0.3, -0.25) is 4.79 Å². The molecule has 10 nitrogen and oxygen atoms in total. The van der Waals surface area contributed by atoms with E-state index in [1.807, 2.05) is 12.1 Å². The van der Waals surface area contributed by atoms with E-state index in [0.29, 0.717) is 18.5 Å². The van der Waals surface area contributed by atoms with E-state index in [1.54, 1.807) is 24.3 Å². The molecular formula is C25H23N5O5. The Hall–Kier alpha value is -4.24. The summed E-state index contributed by atoms with van der Waals surface area (Å²) in [4.78, 5) is 41.9. The summed E-state index contributed by atoms with van der Waals surface area (Å²) >= 11 is 0. The van der Waals surface area contributed by atoms with Gasteiger partial charge in [0.05, 0.1) is 30.5 Å². The number of nitriles is 1. The van der Waals surface area contributed by atoms with Crippen LogP contribution in [-0.2, 0) is 30.8 Å². The van der Waals surface area contributed by atoms with Gasteiger partial charge >= 0.3 is 0 Å². The third-order valence-electron chi connectivity index (χ3n) is 5.22. The van der Waals surface area contributed by atoms with Crippen LogP contribution in [0.1, 0.15) is 17.5 Å². The van der Waals surface area contributed by atoms with Crippen LogP contribution < -0.4 is 10.2 Å². The number of hydrogen-bond donors (Lipinski definition) is 1. The molecule has 0 saturated heterocycles. The van der Waals surface area contributed by atoms with Gasteiger partial charge < -0.3 is 10.2 Å². The number of carbonyl (C=O) groups excluding carboxylic acids is 1. The molecule has 2 aliphatic heterocycles. The molecule has 0 aromatic heterocycles. The smallest absolute Gasteiger partial charge is 0.274 e. The quantitative estimate of drug-likeness (QED) is 0.0944. The third kappa shape index (κ3) is 5.82. The maximum atomic E-state index is 12.6. The van der Waals surface area contributed by atoms with Crippen molar-refractivity contribution in [3.63, 3.8) is 0 Å². The van der Waals surface area contributed by atoms with Crippen LogP contribution in [0.4, 0.5) is 5.69 Å². The highest BCUT2D eigenvalue weighted by atomic mass is 17.3. The highest BCUT2D eigenvalue weighted by Crippen LogP contribution is 2.36. The Kier molecular flexibility index (Phi) is 8.91. The molecule has 0 spiro atoms. The van der Waals surface area contributed by atoms with Crippen molar-refractivity contribution in [3.8, 4) is 6.07 Å². The number of rotatable bonds is 12. The van der Waals surface area contributed by atoms with Crippen LogP contribution in [0.15, 0.2) is 60.6 Å². The number of nitrogens with one attached hydrogen (secondary N) is 1. The number of hydrogen-bond acceptors (Lipinski definition) is 7. The van der Waals surface area contributed by atoms with Gasteiger partial charge in [-0.15, -0.1) is 13.2 Å². The van der Waals surface area contributed by atoms with Crippen LogP contribution in [0.5, 0.6) is 0 Å². The van der Waals surface area contributed by atoms with Crippen molar-refractivity contribution < 1.29 is 24.3 Å². The number of amides is 1. The molecule has 1 aromatic carbocycles. The SMILES string of the molecule is [C-]#[N+]C1=C(c2ccc3c(c2)CCN3CCC(OOCC=C)OOCC=C)C(=O)N/C1=C(\C#N)[N+]#[C-]. The van der Waals surface area contributed by atoms with E-state index >= 15 is 0 Å². The summed E-state index contributed by atoms with van der Waals surface area (Å²) < 4.78 is 0. The van der Waals surface area contributed by atoms with Crippen LogP contribution in [-0.4, -0.2) is 38.5 Å². The third-order valence-corrected chi connectivity index (χ3v) is 5.22. The zero-order valence-electron chi connectivity index (χ0n) is 19.0. The highest BCUT2D eigenvalue weighted by molar-refractivity contribution is 6.25. The summed E-state index contributed by atoms with van der Waals surface area (Å²) in [6.07, 6.45) is 3.54. The Morgan fingerprint density at radius 2 is 1.97 bits per heavy atom. The molecule has 0 radical (unpaired) electrons. The van der Waals surface area contributed by atoms with Gasteiger partial charge in [0.15, 0.2) is 0 Å². The lowest BCUT2D eigenvalue weighted by molar-refractivity contribution is -0.457. The maximum absolute atomic E-state index is 12.6. The van der Waals surface area contributed by atoms with E-state index in [4.69, 9.17) is 38.0 Å². The standard InChI is InChI=1S/C25H23N5O5/c1-5-13-32-34-21(35-33-14-6-2)10-12-30-11-9-17-15-18(7-8-20(17)30)22-24(28-4)23(29-25(22)31)19(16-26)27-3/h5-8,15,21H,1-2,9-14H2,(H,29,31)/b23-19+. The van der Waals surface area contributed by atoms with Crippen molar-refractivity contribution in [2.75, 3.05) is 31.2 Å². The molecular weight excluding hydrogens is 450 g/mol. The molecule has 178 valence electrons. The van der Waals surface area contributed by atoms with E-state index in [1.165, 1.54) is 0 Å². The molecule has 35 heavy (non-hydrogen) atoms. The van der Waals surface area contributed by atoms with Crippen LogP contribution in [0.25, 0.3) is 15.3 Å². The monoisotopic (exact) mass is 473 g/mol. The zero-order chi connectivity index (χ0) is 25.2. The van der Waals surface area contributed by atoms with Gasteiger partial charge in [0.1, 0.15) is 13.2 Å². The molecule has 0 unspecified atom stereocenters. The number of benzene rings is 1. The first-order valence-electron chi connectivity index (χ1n) is 10.7. The van der Waals surface area contributed by atoms with Crippen molar-refractivity contribution in [2.24, 2.45) is 0 Å². The Bertz CT molecular complexity index is 1170. The van der Waals surface area contributed by atoms with Crippen LogP contribution in [0.2, 0.25) is 0 Å². The second-order valence-corrected chi connectivity index (χ2v) is 7.37. The Morgan fingerprint density at radius 1 is 1.26 bits per heavy atom. The minimum absolute atomic E-state index is 0.0199. The van der Waals surface area contributed by atoms with E-state index in [0.717, 1.165) is 24.2 Å². The fraction of sp³-hybridized carbons (Fsp3) is 0.280. The summed E-state index contributed by atoms with van der Waals surface area (Å²) in [5.74, 6) is -0.506. The molecule has 0 atom stereocenters. The van der Waals surface area contributed by atoms with Crippen molar-refractivity contribution in [2.45, 2.75) is 19.1 Å². The summed E-state index contributed by atoms with van der Waals surface area (Å²) in [7, 11) is 0. The largest absolute Gasteiger partial charge is 0.371 e. The fourth-order valence-corrected chi connectivity index (χ4v) is 3.71. The Labute approximate surface area is 203 Å². The average molecular weight is 473 g/mol. The first-order chi connectivity index (χ1) is 17.1. The molecule has 0 fully saturated rings. The van der Waals surface area contributed by atoms with Gasteiger partial charge in [0.2, 0.25) is 17.9 Å². The molecule has 2 heterocycles. The molecule has 1 amide bonds. The Morgan fingerprint density at radius 3 is 2.57 bits per heavy atom. The van der Waals surface area contributed by atoms with E-state index in [2.05, 4.69) is 33.1 Å². The summed E-state index contributed by atoms with van der Waals surface area (Å²) in [5, 5.41) is 11.7. The van der Waals surface area contributed by atoms with Crippen LogP contribution >= 0.6 is 0 Å². The normalized spacial score (nSPS) is 15.8. The highest BCUT2D eigenvalue weighted by Gasteiger charge is 2.32. The summed E-state index contributed by atoms with van der Waals surface area (Å²) in [5.41, 5.74) is 2.35. The van der Waals surface area contributed by atoms with Gasteiger partial charge in [0, 0.05) is 25.2 Å². The number of fused-ring (bicyclic) bond motifs is 1.